The van der Waals surface area contributed by atoms with E-state index in [4.69, 9.17) is 27.7 Å². The monoisotopic (exact) mass is 348 g/mol. The van der Waals surface area contributed by atoms with Crippen molar-refractivity contribution in [3.63, 3.8) is 0 Å². The van der Waals surface area contributed by atoms with Crippen molar-refractivity contribution in [3.8, 4) is 11.4 Å². The van der Waals surface area contributed by atoms with E-state index in [1.807, 2.05) is 31.2 Å². The van der Waals surface area contributed by atoms with Crippen LogP contribution in [0, 0.1) is 0 Å². The van der Waals surface area contributed by atoms with Gasteiger partial charge in [-0.3, -0.25) is 4.98 Å². The molecule has 2 heterocycles. The van der Waals surface area contributed by atoms with Gasteiger partial charge < -0.3 is 9.84 Å². The standard InChI is InChI=1S/C16H14Cl2N4O/c1-10(13-5-4-12(17)7-14(13)18)20-9-15-21-16(22-23-15)11-3-2-6-19-8-11/h2-8,10,20H,9H2,1H3. The lowest BCUT2D eigenvalue weighted by Crippen LogP contribution is -2.18. The van der Waals surface area contributed by atoms with Gasteiger partial charge in [-0.05, 0) is 36.8 Å². The molecule has 1 aromatic carbocycles. The van der Waals surface area contributed by atoms with Gasteiger partial charge in [-0.2, -0.15) is 4.98 Å². The van der Waals surface area contributed by atoms with E-state index in [2.05, 4.69) is 20.4 Å². The largest absolute Gasteiger partial charge is 0.338 e. The van der Waals surface area contributed by atoms with Crippen molar-refractivity contribution in [2.24, 2.45) is 0 Å². The summed E-state index contributed by atoms with van der Waals surface area (Å²) in [6.07, 6.45) is 3.39. The molecule has 3 aromatic rings. The van der Waals surface area contributed by atoms with Gasteiger partial charge in [0, 0.05) is 34.0 Å². The highest BCUT2D eigenvalue weighted by Crippen LogP contribution is 2.26. The summed E-state index contributed by atoms with van der Waals surface area (Å²) < 4.78 is 5.25. The van der Waals surface area contributed by atoms with Gasteiger partial charge in [-0.25, -0.2) is 0 Å². The van der Waals surface area contributed by atoms with Crippen molar-refractivity contribution in [2.75, 3.05) is 0 Å². The lowest BCUT2D eigenvalue weighted by molar-refractivity contribution is 0.360. The van der Waals surface area contributed by atoms with E-state index in [0.29, 0.717) is 28.3 Å². The maximum atomic E-state index is 6.21. The van der Waals surface area contributed by atoms with E-state index < -0.39 is 0 Å². The zero-order valence-electron chi connectivity index (χ0n) is 12.3. The van der Waals surface area contributed by atoms with E-state index in [-0.39, 0.29) is 6.04 Å². The van der Waals surface area contributed by atoms with Crippen LogP contribution in [-0.4, -0.2) is 15.1 Å². The molecule has 7 heteroatoms. The number of pyridine rings is 1. The first-order chi connectivity index (χ1) is 11.1. The summed E-state index contributed by atoms with van der Waals surface area (Å²) in [5.41, 5.74) is 1.78. The molecule has 1 unspecified atom stereocenters. The highest BCUT2D eigenvalue weighted by atomic mass is 35.5. The molecule has 23 heavy (non-hydrogen) atoms. The van der Waals surface area contributed by atoms with E-state index in [1.54, 1.807) is 18.5 Å². The molecule has 5 nitrogen and oxygen atoms in total. The van der Waals surface area contributed by atoms with Crippen LogP contribution in [0.4, 0.5) is 0 Å². The molecule has 0 bridgehead atoms. The summed E-state index contributed by atoms with van der Waals surface area (Å²) >= 11 is 12.1. The van der Waals surface area contributed by atoms with Gasteiger partial charge in [0.2, 0.25) is 11.7 Å². The van der Waals surface area contributed by atoms with Gasteiger partial charge in [-0.15, -0.1) is 0 Å². The quantitative estimate of drug-likeness (QED) is 0.744. The number of benzene rings is 1. The number of hydrogen-bond acceptors (Lipinski definition) is 5. The summed E-state index contributed by atoms with van der Waals surface area (Å²) in [5, 5.41) is 8.50. The number of aromatic nitrogens is 3. The smallest absolute Gasteiger partial charge is 0.240 e. The molecule has 0 aliphatic carbocycles. The first-order valence-electron chi connectivity index (χ1n) is 7.05. The fourth-order valence-corrected chi connectivity index (χ4v) is 2.71. The molecule has 0 radical (unpaired) electrons. The Bertz CT molecular complexity index is 792. The first kappa shape index (κ1) is 15.9. The minimum absolute atomic E-state index is 0.0218. The molecule has 0 spiro atoms. The number of nitrogens with zero attached hydrogens (tertiary/aromatic N) is 3. The van der Waals surface area contributed by atoms with Crippen molar-refractivity contribution < 1.29 is 4.52 Å². The Kier molecular flexibility index (Phi) is 4.91. The predicted molar refractivity (Wildman–Crippen MR) is 89.2 cm³/mol. The van der Waals surface area contributed by atoms with Crippen molar-refractivity contribution in [2.45, 2.75) is 19.5 Å². The highest BCUT2D eigenvalue weighted by Gasteiger charge is 2.13. The molecule has 2 aromatic heterocycles. The van der Waals surface area contributed by atoms with Crippen LogP contribution in [-0.2, 0) is 6.54 Å². The Balaban J connectivity index is 1.65. The van der Waals surface area contributed by atoms with Gasteiger partial charge in [0.1, 0.15) is 0 Å². The minimum atomic E-state index is 0.0218. The van der Waals surface area contributed by atoms with Crippen LogP contribution in [0.2, 0.25) is 10.0 Å². The van der Waals surface area contributed by atoms with Crippen molar-refractivity contribution in [1.29, 1.82) is 0 Å². The Morgan fingerprint density at radius 3 is 2.87 bits per heavy atom. The minimum Gasteiger partial charge on any atom is -0.338 e. The average Bonchev–Trinajstić information content (AvgIpc) is 3.02. The molecule has 0 saturated carbocycles. The Labute approximate surface area is 143 Å². The maximum Gasteiger partial charge on any atom is 0.240 e. The fraction of sp³-hybridized carbons (Fsp3) is 0.188. The Hall–Kier alpha value is -1.95. The summed E-state index contributed by atoms with van der Waals surface area (Å²) in [6, 6.07) is 9.17. The zero-order chi connectivity index (χ0) is 16.2. The zero-order valence-corrected chi connectivity index (χ0v) is 13.8. The average molecular weight is 349 g/mol. The molecular formula is C16H14Cl2N4O. The van der Waals surface area contributed by atoms with Crippen LogP contribution in [0.5, 0.6) is 0 Å². The summed E-state index contributed by atoms with van der Waals surface area (Å²) in [5.74, 6) is 1.02. The van der Waals surface area contributed by atoms with Gasteiger partial charge in [0.05, 0.1) is 6.54 Å². The maximum absolute atomic E-state index is 6.21. The van der Waals surface area contributed by atoms with Crippen LogP contribution in [0.15, 0.2) is 47.2 Å². The predicted octanol–water partition coefficient (Wildman–Crippen LogP) is 4.29. The fourth-order valence-electron chi connectivity index (χ4n) is 2.14. The molecule has 0 aliphatic rings. The van der Waals surface area contributed by atoms with E-state index in [0.717, 1.165) is 11.1 Å². The first-order valence-corrected chi connectivity index (χ1v) is 7.80. The summed E-state index contributed by atoms with van der Waals surface area (Å²) in [4.78, 5) is 8.39. The number of nitrogens with one attached hydrogen (secondary N) is 1. The molecule has 1 N–H and O–H groups in total. The number of halogens is 2. The van der Waals surface area contributed by atoms with Gasteiger partial charge in [-0.1, -0.05) is 34.4 Å². The van der Waals surface area contributed by atoms with Gasteiger partial charge >= 0.3 is 0 Å². The SMILES string of the molecule is CC(NCc1nc(-c2cccnc2)no1)c1ccc(Cl)cc1Cl. The van der Waals surface area contributed by atoms with Crippen LogP contribution in [0.1, 0.15) is 24.4 Å². The lowest BCUT2D eigenvalue weighted by atomic mass is 10.1. The molecular weight excluding hydrogens is 335 g/mol. The van der Waals surface area contributed by atoms with Crippen molar-refractivity contribution in [1.82, 2.24) is 20.4 Å². The summed E-state index contributed by atoms with van der Waals surface area (Å²) in [6.45, 7) is 2.45. The Morgan fingerprint density at radius 2 is 2.13 bits per heavy atom. The number of hydrogen-bond donors (Lipinski definition) is 1. The molecule has 0 fully saturated rings. The molecule has 0 amide bonds. The Morgan fingerprint density at radius 1 is 1.26 bits per heavy atom. The highest BCUT2D eigenvalue weighted by molar-refractivity contribution is 6.35. The van der Waals surface area contributed by atoms with E-state index in [1.165, 1.54) is 0 Å². The van der Waals surface area contributed by atoms with Crippen LogP contribution in [0.3, 0.4) is 0 Å². The molecule has 0 aliphatic heterocycles. The third-order valence-corrected chi connectivity index (χ3v) is 3.94. The van der Waals surface area contributed by atoms with E-state index in [9.17, 15) is 0 Å². The van der Waals surface area contributed by atoms with E-state index >= 15 is 0 Å². The molecule has 118 valence electrons. The second kappa shape index (κ2) is 7.08. The topological polar surface area (TPSA) is 63.8 Å². The van der Waals surface area contributed by atoms with Crippen molar-refractivity contribution in [3.05, 3.63) is 64.2 Å². The molecule has 0 saturated heterocycles. The third kappa shape index (κ3) is 3.88. The third-order valence-electron chi connectivity index (χ3n) is 3.38. The van der Waals surface area contributed by atoms with Crippen LogP contribution in [0.25, 0.3) is 11.4 Å². The lowest BCUT2D eigenvalue weighted by Gasteiger charge is -2.14. The van der Waals surface area contributed by atoms with Crippen molar-refractivity contribution >= 4 is 23.2 Å². The van der Waals surface area contributed by atoms with Gasteiger partial charge in [0.15, 0.2) is 0 Å². The van der Waals surface area contributed by atoms with Crippen LogP contribution >= 0.6 is 23.2 Å². The normalized spacial score (nSPS) is 12.3. The second-order valence-corrected chi connectivity index (χ2v) is 5.87. The number of rotatable bonds is 5. The molecule has 3 rings (SSSR count). The van der Waals surface area contributed by atoms with Crippen LogP contribution < -0.4 is 5.32 Å². The second-order valence-electron chi connectivity index (χ2n) is 5.02. The molecule has 1 atom stereocenters. The van der Waals surface area contributed by atoms with Gasteiger partial charge in [0.25, 0.3) is 0 Å². The summed E-state index contributed by atoms with van der Waals surface area (Å²) in [7, 11) is 0.